The molecule has 0 fully saturated rings. The number of hydrogen-bond donors (Lipinski definition) is 1. The molecular formula is C12H7BrCl2N2O. The lowest BCUT2D eigenvalue weighted by molar-refractivity contribution is 0.102. The molecule has 92 valence electrons. The zero-order valence-corrected chi connectivity index (χ0v) is 12.1. The number of halogens is 3. The minimum absolute atomic E-state index is 0.0760. The number of aromatic nitrogens is 1. The van der Waals surface area contributed by atoms with Crippen molar-refractivity contribution in [3.63, 3.8) is 0 Å². The summed E-state index contributed by atoms with van der Waals surface area (Å²) in [5, 5.41) is 3.06. The molecule has 0 aliphatic heterocycles. The molecule has 1 heterocycles. The highest BCUT2D eigenvalue weighted by atomic mass is 79.9. The third-order valence-corrected chi connectivity index (χ3v) is 3.37. The summed E-state index contributed by atoms with van der Waals surface area (Å²) >= 11 is 14.9. The van der Waals surface area contributed by atoms with Crippen LogP contribution in [0.25, 0.3) is 0 Å². The predicted octanol–water partition coefficient (Wildman–Crippen LogP) is 4.40. The van der Waals surface area contributed by atoms with Crippen molar-refractivity contribution in [1.82, 2.24) is 4.98 Å². The van der Waals surface area contributed by atoms with Crippen LogP contribution >= 0.6 is 39.1 Å². The van der Waals surface area contributed by atoms with Crippen LogP contribution in [-0.4, -0.2) is 10.9 Å². The summed E-state index contributed by atoms with van der Waals surface area (Å²) in [5.41, 5.74) is 0.935. The van der Waals surface area contributed by atoms with Gasteiger partial charge in [-0.1, -0.05) is 35.3 Å². The van der Waals surface area contributed by atoms with Crippen molar-refractivity contribution in [2.75, 3.05) is 5.32 Å². The summed E-state index contributed by atoms with van der Waals surface area (Å²) in [6.07, 6.45) is 0. The predicted molar refractivity (Wildman–Crippen MR) is 76.4 cm³/mol. The molecule has 6 heteroatoms. The topological polar surface area (TPSA) is 42.0 Å². The van der Waals surface area contributed by atoms with E-state index >= 15 is 0 Å². The number of carbonyl (C=O) groups excluding carboxylic acids is 1. The molecule has 0 radical (unpaired) electrons. The van der Waals surface area contributed by atoms with E-state index in [0.717, 1.165) is 4.47 Å². The van der Waals surface area contributed by atoms with Gasteiger partial charge in [0.25, 0.3) is 5.91 Å². The minimum atomic E-state index is -0.337. The lowest BCUT2D eigenvalue weighted by atomic mass is 10.2. The number of para-hydroxylation sites is 1. The Morgan fingerprint density at radius 2 is 1.89 bits per heavy atom. The number of amides is 1. The van der Waals surface area contributed by atoms with Gasteiger partial charge in [-0.3, -0.25) is 4.79 Å². The molecule has 2 rings (SSSR count). The smallest absolute Gasteiger partial charge is 0.258 e. The molecule has 1 aromatic carbocycles. The molecule has 1 N–H and O–H groups in total. The van der Waals surface area contributed by atoms with E-state index in [1.165, 1.54) is 12.1 Å². The highest BCUT2D eigenvalue weighted by Crippen LogP contribution is 2.23. The van der Waals surface area contributed by atoms with Crippen LogP contribution in [0, 0.1) is 0 Å². The molecule has 0 unspecified atom stereocenters. The van der Waals surface area contributed by atoms with E-state index in [2.05, 4.69) is 26.2 Å². The Balaban J connectivity index is 2.25. The highest BCUT2D eigenvalue weighted by Gasteiger charge is 2.13. The Hall–Kier alpha value is -1.10. The molecule has 3 nitrogen and oxygen atoms in total. The van der Waals surface area contributed by atoms with Crippen molar-refractivity contribution in [3.05, 3.63) is 56.7 Å². The Bertz CT molecular complexity index is 604. The summed E-state index contributed by atoms with van der Waals surface area (Å²) < 4.78 is 0.788. The Morgan fingerprint density at radius 3 is 2.56 bits per heavy atom. The van der Waals surface area contributed by atoms with Gasteiger partial charge in [0.15, 0.2) is 0 Å². The largest absolute Gasteiger partial charge is 0.321 e. The molecule has 0 aliphatic rings. The molecule has 0 bridgehead atoms. The summed E-state index contributed by atoms with van der Waals surface area (Å²) in [6.45, 7) is 0. The van der Waals surface area contributed by atoms with Crippen LogP contribution in [0.15, 0.2) is 40.9 Å². The van der Waals surface area contributed by atoms with Crippen molar-refractivity contribution < 1.29 is 4.79 Å². The number of nitrogens with one attached hydrogen (secondary N) is 1. The summed E-state index contributed by atoms with van der Waals surface area (Å²) in [7, 11) is 0. The van der Waals surface area contributed by atoms with Crippen LogP contribution in [0.2, 0.25) is 10.3 Å². The number of rotatable bonds is 2. The number of benzene rings is 1. The normalized spacial score (nSPS) is 10.2. The maximum atomic E-state index is 12.0. The van der Waals surface area contributed by atoms with Crippen molar-refractivity contribution >= 4 is 50.7 Å². The van der Waals surface area contributed by atoms with E-state index in [0.29, 0.717) is 5.69 Å². The van der Waals surface area contributed by atoms with E-state index in [9.17, 15) is 4.79 Å². The number of hydrogen-bond acceptors (Lipinski definition) is 2. The summed E-state index contributed by atoms with van der Waals surface area (Å²) in [6, 6.07) is 10.3. The fraction of sp³-hybridized carbons (Fsp3) is 0. The SMILES string of the molecule is O=C(Nc1ccccc1Br)c1ccc(Cl)nc1Cl. The van der Waals surface area contributed by atoms with Gasteiger partial charge < -0.3 is 5.32 Å². The maximum absolute atomic E-state index is 12.0. The second kappa shape index (κ2) is 5.69. The van der Waals surface area contributed by atoms with Gasteiger partial charge in [0.2, 0.25) is 0 Å². The molecular weight excluding hydrogens is 339 g/mol. The Labute approximate surface area is 122 Å². The number of nitrogens with zero attached hydrogens (tertiary/aromatic N) is 1. The van der Waals surface area contributed by atoms with Crippen LogP contribution in [0.5, 0.6) is 0 Å². The molecule has 18 heavy (non-hydrogen) atoms. The quantitative estimate of drug-likeness (QED) is 0.819. The van der Waals surface area contributed by atoms with Crippen LogP contribution < -0.4 is 5.32 Å². The first-order chi connectivity index (χ1) is 8.58. The second-order valence-corrected chi connectivity index (χ2v) is 5.01. The Morgan fingerprint density at radius 1 is 1.17 bits per heavy atom. The first-order valence-corrected chi connectivity index (χ1v) is 6.51. The minimum Gasteiger partial charge on any atom is -0.321 e. The highest BCUT2D eigenvalue weighted by molar-refractivity contribution is 9.10. The van der Waals surface area contributed by atoms with Crippen molar-refractivity contribution in [2.45, 2.75) is 0 Å². The molecule has 1 amide bonds. The van der Waals surface area contributed by atoms with Gasteiger partial charge >= 0.3 is 0 Å². The van der Waals surface area contributed by atoms with E-state index in [1.807, 2.05) is 18.2 Å². The molecule has 0 saturated carbocycles. The fourth-order valence-corrected chi connectivity index (χ4v) is 2.15. The average molecular weight is 346 g/mol. The van der Waals surface area contributed by atoms with Gasteiger partial charge in [0.05, 0.1) is 11.3 Å². The number of carbonyl (C=O) groups is 1. The summed E-state index contributed by atoms with van der Waals surface area (Å²) in [5.74, 6) is -0.337. The monoisotopic (exact) mass is 344 g/mol. The van der Waals surface area contributed by atoms with Gasteiger partial charge in [0, 0.05) is 4.47 Å². The molecule has 0 saturated heterocycles. The van der Waals surface area contributed by atoms with E-state index in [-0.39, 0.29) is 21.8 Å². The van der Waals surface area contributed by atoms with E-state index in [4.69, 9.17) is 23.2 Å². The molecule has 0 aliphatic carbocycles. The second-order valence-electron chi connectivity index (χ2n) is 3.41. The molecule has 0 atom stereocenters. The van der Waals surface area contributed by atoms with Crippen molar-refractivity contribution in [1.29, 1.82) is 0 Å². The lowest BCUT2D eigenvalue weighted by Crippen LogP contribution is -2.13. The van der Waals surface area contributed by atoms with E-state index < -0.39 is 0 Å². The zero-order chi connectivity index (χ0) is 13.1. The average Bonchev–Trinajstić information content (AvgIpc) is 2.32. The first-order valence-electron chi connectivity index (χ1n) is 4.96. The van der Waals surface area contributed by atoms with Crippen molar-refractivity contribution in [2.24, 2.45) is 0 Å². The van der Waals surface area contributed by atoms with Gasteiger partial charge in [-0.25, -0.2) is 4.98 Å². The van der Waals surface area contributed by atoms with Gasteiger partial charge in [0.1, 0.15) is 10.3 Å². The zero-order valence-electron chi connectivity index (χ0n) is 8.95. The fourth-order valence-electron chi connectivity index (χ4n) is 1.33. The van der Waals surface area contributed by atoms with Crippen molar-refractivity contribution in [3.8, 4) is 0 Å². The molecule has 0 spiro atoms. The third-order valence-electron chi connectivity index (χ3n) is 2.18. The lowest BCUT2D eigenvalue weighted by Gasteiger charge is -2.08. The first kappa shape index (κ1) is 13.3. The number of pyridine rings is 1. The number of anilines is 1. The van der Waals surface area contributed by atoms with Crippen LogP contribution in [0.1, 0.15) is 10.4 Å². The van der Waals surface area contributed by atoms with Gasteiger partial charge in [-0.15, -0.1) is 0 Å². The van der Waals surface area contributed by atoms with Gasteiger partial charge in [-0.2, -0.15) is 0 Å². The molecule has 2 aromatic rings. The Kier molecular flexibility index (Phi) is 4.22. The van der Waals surface area contributed by atoms with E-state index in [1.54, 1.807) is 6.07 Å². The summed E-state index contributed by atoms with van der Waals surface area (Å²) in [4.78, 5) is 15.8. The third kappa shape index (κ3) is 3.02. The van der Waals surface area contributed by atoms with Crippen LogP contribution in [0.4, 0.5) is 5.69 Å². The van der Waals surface area contributed by atoms with Gasteiger partial charge in [-0.05, 0) is 40.2 Å². The maximum Gasteiger partial charge on any atom is 0.258 e. The molecule has 1 aromatic heterocycles. The standard InChI is InChI=1S/C12H7BrCl2N2O/c13-8-3-1-2-4-9(8)16-12(18)7-5-6-10(14)17-11(7)15/h1-6H,(H,16,18). The van der Waals surface area contributed by atoms with Crippen LogP contribution in [-0.2, 0) is 0 Å². The van der Waals surface area contributed by atoms with Crippen LogP contribution in [0.3, 0.4) is 0 Å².